The van der Waals surface area contributed by atoms with Crippen molar-refractivity contribution in [2.45, 2.75) is 58.5 Å². The molecule has 0 N–H and O–H groups in total. The summed E-state index contributed by atoms with van der Waals surface area (Å²) in [5.41, 5.74) is 1.23. The van der Waals surface area contributed by atoms with Gasteiger partial charge in [0.1, 0.15) is 0 Å². The molecule has 3 rings (SSSR count). The van der Waals surface area contributed by atoms with Crippen LogP contribution in [0.5, 0.6) is 0 Å². The molecule has 2 aromatic heterocycles. The molecule has 0 unspecified atom stereocenters. The molecule has 2 aromatic rings. The molecule has 0 bridgehead atoms. The second-order valence-electron chi connectivity index (χ2n) is 7.39. The summed E-state index contributed by atoms with van der Waals surface area (Å²) in [5, 5.41) is 12.7. The Morgan fingerprint density at radius 3 is 2.78 bits per heavy atom. The lowest BCUT2D eigenvalue weighted by molar-refractivity contribution is -0.0678. The third kappa shape index (κ3) is 3.63. The van der Waals surface area contributed by atoms with E-state index in [0.717, 1.165) is 38.2 Å². The molecule has 6 heteroatoms. The van der Waals surface area contributed by atoms with Gasteiger partial charge in [0, 0.05) is 32.0 Å². The van der Waals surface area contributed by atoms with Crippen LogP contribution in [0.1, 0.15) is 57.0 Å². The standard InChI is InChI=1S/C17H26N4O2/c1-17(2,3)15-13(6-5-11-22-15)16-20-19-14(23-16)8-7-12-9-10-18-21(12)4/h9-10,13,15H,5-8,11H2,1-4H3/t13-,15-/m1/s1. The highest BCUT2D eigenvalue weighted by atomic mass is 16.5. The summed E-state index contributed by atoms with van der Waals surface area (Å²) in [7, 11) is 1.95. The molecular weight excluding hydrogens is 292 g/mol. The highest BCUT2D eigenvalue weighted by Gasteiger charge is 2.39. The first-order chi connectivity index (χ1) is 10.9. The number of hydrogen-bond donors (Lipinski definition) is 0. The molecule has 0 aromatic carbocycles. The maximum absolute atomic E-state index is 6.01. The number of ether oxygens (including phenoxy) is 1. The van der Waals surface area contributed by atoms with Crippen molar-refractivity contribution in [3.63, 3.8) is 0 Å². The zero-order valence-electron chi connectivity index (χ0n) is 14.5. The molecule has 0 amide bonds. The molecule has 0 aliphatic carbocycles. The van der Waals surface area contributed by atoms with Gasteiger partial charge in [-0.3, -0.25) is 4.68 Å². The number of rotatable bonds is 4. The molecule has 1 aliphatic heterocycles. The smallest absolute Gasteiger partial charge is 0.222 e. The first kappa shape index (κ1) is 16.2. The van der Waals surface area contributed by atoms with Crippen LogP contribution in [0.25, 0.3) is 0 Å². The Bertz CT molecular complexity index is 641. The predicted molar refractivity (Wildman–Crippen MR) is 86.1 cm³/mol. The second-order valence-corrected chi connectivity index (χ2v) is 7.39. The van der Waals surface area contributed by atoms with Gasteiger partial charge in [-0.1, -0.05) is 20.8 Å². The number of hydrogen-bond acceptors (Lipinski definition) is 5. The molecule has 126 valence electrons. The van der Waals surface area contributed by atoms with Crippen LogP contribution in [0.4, 0.5) is 0 Å². The summed E-state index contributed by atoms with van der Waals surface area (Å²) in [6, 6.07) is 2.02. The molecule has 1 aliphatic rings. The van der Waals surface area contributed by atoms with Gasteiger partial charge in [-0.2, -0.15) is 5.10 Å². The van der Waals surface area contributed by atoms with Gasteiger partial charge >= 0.3 is 0 Å². The van der Waals surface area contributed by atoms with Gasteiger partial charge in [-0.15, -0.1) is 10.2 Å². The molecular formula is C17H26N4O2. The highest BCUT2D eigenvalue weighted by molar-refractivity contribution is 5.04. The van der Waals surface area contributed by atoms with Crippen molar-refractivity contribution in [3.8, 4) is 0 Å². The summed E-state index contributed by atoms with van der Waals surface area (Å²) in [5.74, 6) is 1.62. The molecule has 6 nitrogen and oxygen atoms in total. The number of nitrogens with zero attached hydrogens (tertiary/aromatic N) is 4. The molecule has 3 heterocycles. The van der Waals surface area contributed by atoms with Crippen LogP contribution >= 0.6 is 0 Å². The van der Waals surface area contributed by atoms with Crippen LogP contribution in [0.2, 0.25) is 0 Å². The monoisotopic (exact) mass is 318 g/mol. The maximum Gasteiger partial charge on any atom is 0.222 e. The zero-order chi connectivity index (χ0) is 16.4. The van der Waals surface area contributed by atoms with Crippen LogP contribution in [-0.2, 0) is 24.6 Å². The fourth-order valence-electron chi connectivity index (χ4n) is 3.29. The second kappa shape index (κ2) is 6.43. The normalized spacial score (nSPS) is 22.4. The lowest BCUT2D eigenvalue weighted by Crippen LogP contribution is -2.38. The van der Waals surface area contributed by atoms with E-state index in [9.17, 15) is 0 Å². The fourth-order valence-corrected chi connectivity index (χ4v) is 3.29. The van der Waals surface area contributed by atoms with Crippen molar-refractivity contribution in [1.29, 1.82) is 0 Å². The molecule has 2 atom stereocenters. The van der Waals surface area contributed by atoms with Gasteiger partial charge in [0.15, 0.2) is 0 Å². The Labute approximate surface area is 137 Å². The molecule has 1 fully saturated rings. The highest BCUT2D eigenvalue weighted by Crippen LogP contribution is 2.39. The van der Waals surface area contributed by atoms with Crippen LogP contribution in [0, 0.1) is 5.41 Å². The van der Waals surface area contributed by atoms with E-state index in [4.69, 9.17) is 9.15 Å². The molecule has 1 saturated heterocycles. The SMILES string of the molecule is Cn1nccc1CCc1nnc([C@@H]2CCCO[C@H]2C(C)(C)C)o1. The van der Waals surface area contributed by atoms with Crippen molar-refractivity contribution in [1.82, 2.24) is 20.0 Å². The molecule has 0 saturated carbocycles. The largest absolute Gasteiger partial charge is 0.425 e. The minimum atomic E-state index is 0.0639. The summed E-state index contributed by atoms with van der Waals surface area (Å²) in [6.07, 6.45) is 5.61. The van der Waals surface area contributed by atoms with Crippen molar-refractivity contribution >= 4 is 0 Å². The lowest BCUT2D eigenvalue weighted by Gasteiger charge is -2.38. The quantitative estimate of drug-likeness (QED) is 0.867. The first-order valence-electron chi connectivity index (χ1n) is 8.36. The van der Waals surface area contributed by atoms with E-state index in [-0.39, 0.29) is 17.4 Å². The van der Waals surface area contributed by atoms with Crippen LogP contribution in [0.3, 0.4) is 0 Å². The molecule has 23 heavy (non-hydrogen) atoms. The molecule has 0 spiro atoms. The van der Waals surface area contributed by atoms with Crippen LogP contribution in [0.15, 0.2) is 16.7 Å². The topological polar surface area (TPSA) is 66.0 Å². The first-order valence-corrected chi connectivity index (χ1v) is 8.36. The van der Waals surface area contributed by atoms with Gasteiger partial charge in [0.05, 0.1) is 12.0 Å². The van der Waals surface area contributed by atoms with Crippen molar-refractivity contribution in [3.05, 3.63) is 29.7 Å². The Morgan fingerprint density at radius 1 is 1.26 bits per heavy atom. The van der Waals surface area contributed by atoms with E-state index in [2.05, 4.69) is 36.1 Å². The maximum atomic E-state index is 6.01. The zero-order valence-corrected chi connectivity index (χ0v) is 14.5. The van der Waals surface area contributed by atoms with Gasteiger partial charge in [-0.05, 0) is 30.7 Å². The number of aromatic nitrogens is 4. The lowest BCUT2D eigenvalue weighted by atomic mass is 9.78. The average Bonchev–Trinajstić information content (AvgIpc) is 3.13. The summed E-state index contributed by atoms with van der Waals surface area (Å²) >= 11 is 0. The minimum absolute atomic E-state index is 0.0639. The van der Waals surface area contributed by atoms with Gasteiger partial charge in [0.25, 0.3) is 0 Å². The van der Waals surface area contributed by atoms with Crippen LogP contribution < -0.4 is 0 Å². The Hall–Kier alpha value is -1.69. The van der Waals surface area contributed by atoms with Crippen molar-refractivity contribution < 1.29 is 9.15 Å². The predicted octanol–water partition coefficient (Wildman–Crippen LogP) is 2.90. The third-order valence-electron chi connectivity index (χ3n) is 4.49. The fraction of sp³-hybridized carbons (Fsp3) is 0.706. The van der Waals surface area contributed by atoms with Crippen molar-refractivity contribution in [2.75, 3.05) is 6.61 Å². The van der Waals surface area contributed by atoms with Gasteiger partial charge in [0.2, 0.25) is 11.8 Å². The van der Waals surface area contributed by atoms with E-state index in [1.807, 2.05) is 24.0 Å². The van der Waals surface area contributed by atoms with E-state index in [1.54, 1.807) is 0 Å². The Balaban J connectivity index is 1.69. The van der Waals surface area contributed by atoms with Gasteiger partial charge in [-0.25, -0.2) is 0 Å². The average molecular weight is 318 g/mol. The van der Waals surface area contributed by atoms with Crippen LogP contribution in [-0.4, -0.2) is 32.7 Å². The summed E-state index contributed by atoms with van der Waals surface area (Å²) in [6.45, 7) is 7.43. The Kier molecular flexibility index (Phi) is 4.53. The van der Waals surface area contributed by atoms with Gasteiger partial charge < -0.3 is 9.15 Å². The minimum Gasteiger partial charge on any atom is -0.425 e. The summed E-state index contributed by atoms with van der Waals surface area (Å²) < 4.78 is 13.8. The Morgan fingerprint density at radius 2 is 2.09 bits per heavy atom. The van der Waals surface area contributed by atoms with E-state index in [1.165, 1.54) is 5.69 Å². The van der Waals surface area contributed by atoms with Crippen molar-refractivity contribution in [2.24, 2.45) is 12.5 Å². The van der Waals surface area contributed by atoms with E-state index in [0.29, 0.717) is 5.89 Å². The molecule has 0 radical (unpaired) electrons. The summed E-state index contributed by atoms with van der Waals surface area (Å²) in [4.78, 5) is 0. The van der Waals surface area contributed by atoms with E-state index >= 15 is 0 Å². The van der Waals surface area contributed by atoms with E-state index < -0.39 is 0 Å². The third-order valence-corrected chi connectivity index (χ3v) is 4.49. The number of aryl methyl sites for hydroxylation is 3.